The summed E-state index contributed by atoms with van der Waals surface area (Å²) in [5.41, 5.74) is 0.628. The monoisotopic (exact) mass is 183 g/mol. The summed E-state index contributed by atoms with van der Waals surface area (Å²) in [5.74, 6) is 0.0773. The molecule has 1 rings (SSSR count). The van der Waals surface area contributed by atoms with Gasteiger partial charge in [0, 0.05) is 11.6 Å². The molecule has 0 bridgehead atoms. The molecule has 0 aromatic carbocycles. The van der Waals surface area contributed by atoms with Gasteiger partial charge in [0.2, 0.25) is 11.8 Å². The fraction of sp³-hybridized carbons (Fsp3) is 0.500. The van der Waals surface area contributed by atoms with Gasteiger partial charge < -0.3 is 4.74 Å². The molecular weight excluding hydrogens is 169 g/mol. The minimum Gasteiger partial charge on any atom is -0.478 e. The third kappa shape index (κ3) is 2.41. The largest absolute Gasteiger partial charge is 0.478 e. The van der Waals surface area contributed by atoms with Gasteiger partial charge in [0.15, 0.2) is 0 Å². The van der Waals surface area contributed by atoms with Gasteiger partial charge in [-0.15, -0.1) is 0 Å². The van der Waals surface area contributed by atoms with E-state index in [9.17, 15) is 4.39 Å². The molecule has 3 heteroatoms. The molecule has 0 radical (unpaired) electrons. The first-order valence-corrected chi connectivity index (χ1v) is 4.44. The van der Waals surface area contributed by atoms with Crippen LogP contribution in [0.1, 0.15) is 32.3 Å². The second kappa shape index (κ2) is 4.21. The van der Waals surface area contributed by atoms with Crippen molar-refractivity contribution in [2.75, 3.05) is 6.61 Å². The Morgan fingerprint density at radius 2 is 2.15 bits per heavy atom. The second-order valence-electron chi connectivity index (χ2n) is 3.12. The molecule has 0 spiro atoms. The average molecular weight is 183 g/mol. The Kier molecular flexibility index (Phi) is 3.23. The maximum absolute atomic E-state index is 13.2. The van der Waals surface area contributed by atoms with Crippen molar-refractivity contribution >= 4 is 0 Å². The third-order valence-corrected chi connectivity index (χ3v) is 1.77. The molecule has 0 fully saturated rings. The van der Waals surface area contributed by atoms with E-state index in [0.29, 0.717) is 18.1 Å². The van der Waals surface area contributed by atoms with Crippen LogP contribution in [0.5, 0.6) is 5.88 Å². The van der Waals surface area contributed by atoms with Gasteiger partial charge in [-0.3, -0.25) is 0 Å². The van der Waals surface area contributed by atoms with Crippen molar-refractivity contribution in [2.45, 2.75) is 26.7 Å². The maximum Gasteiger partial charge on any atom is 0.219 e. The quantitative estimate of drug-likeness (QED) is 0.672. The fourth-order valence-corrected chi connectivity index (χ4v) is 1.09. The smallest absolute Gasteiger partial charge is 0.219 e. The standard InChI is InChI=1S/C10H14FNO/c1-4-13-9-6-5-8(7(2)3)10(11)12-9/h5-7H,4H2,1-3H3. The Labute approximate surface area is 77.8 Å². The fourth-order valence-electron chi connectivity index (χ4n) is 1.09. The van der Waals surface area contributed by atoms with E-state index in [1.54, 1.807) is 12.1 Å². The molecule has 0 aliphatic rings. The lowest BCUT2D eigenvalue weighted by Gasteiger charge is -2.07. The number of nitrogens with zero attached hydrogens (tertiary/aromatic N) is 1. The van der Waals surface area contributed by atoms with Crippen molar-refractivity contribution in [2.24, 2.45) is 0 Å². The first-order valence-electron chi connectivity index (χ1n) is 4.44. The predicted molar refractivity (Wildman–Crippen MR) is 49.5 cm³/mol. The molecule has 0 amide bonds. The molecule has 1 aromatic heterocycles. The van der Waals surface area contributed by atoms with Crippen LogP contribution in [0.4, 0.5) is 4.39 Å². The number of aromatic nitrogens is 1. The highest BCUT2D eigenvalue weighted by molar-refractivity contribution is 5.21. The highest BCUT2D eigenvalue weighted by Crippen LogP contribution is 2.19. The van der Waals surface area contributed by atoms with Gasteiger partial charge in [0.05, 0.1) is 6.61 Å². The zero-order chi connectivity index (χ0) is 9.84. The Hall–Kier alpha value is -1.12. The van der Waals surface area contributed by atoms with Crippen molar-refractivity contribution in [3.8, 4) is 5.88 Å². The molecule has 0 saturated heterocycles. The minimum atomic E-state index is -0.430. The Morgan fingerprint density at radius 3 is 2.62 bits per heavy atom. The SMILES string of the molecule is CCOc1ccc(C(C)C)c(F)n1. The predicted octanol–water partition coefficient (Wildman–Crippen LogP) is 2.74. The molecule has 0 aliphatic heterocycles. The van der Waals surface area contributed by atoms with Gasteiger partial charge in [-0.25, -0.2) is 0 Å². The highest BCUT2D eigenvalue weighted by Gasteiger charge is 2.08. The van der Waals surface area contributed by atoms with Crippen LogP contribution >= 0.6 is 0 Å². The summed E-state index contributed by atoms with van der Waals surface area (Å²) >= 11 is 0. The van der Waals surface area contributed by atoms with Gasteiger partial charge in [-0.1, -0.05) is 13.8 Å². The van der Waals surface area contributed by atoms with E-state index in [0.717, 1.165) is 0 Å². The number of halogens is 1. The summed E-state index contributed by atoms with van der Waals surface area (Å²) in [4.78, 5) is 3.70. The topological polar surface area (TPSA) is 22.1 Å². The second-order valence-corrected chi connectivity index (χ2v) is 3.12. The molecule has 13 heavy (non-hydrogen) atoms. The van der Waals surface area contributed by atoms with Crippen molar-refractivity contribution < 1.29 is 9.13 Å². The first kappa shape index (κ1) is 9.96. The zero-order valence-corrected chi connectivity index (χ0v) is 8.17. The third-order valence-electron chi connectivity index (χ3n) is 1.77. The molecular formula is C10H14FNO. The number of rotatable bonds is 3. The maximum atomic E-state index is 13.2. The molecule has 0 saturated carbocycles. The Morgan fingerprint density at radius 1 is 1.46 bits per heavy atom. The van der Waals surface area contributed by atoms with E-state index in [1.807, 2.05) is 20.8 Å². The van der Waals surface area contributed by atoms with Crippen LogP contribution in [0.25, 0.3) is 0 Å². The van der Waals surface area contributed by atoms with E-state index in [4.69, 9.17) is 4.74 Å². The van der Waals surface area contributed by atoms with Crippen molar-refractivity contribution in [3.05, 3.63) is 23.6 Å². The van der Waals surface area contributed by atoms with E-state index < -0.39 is 5.95 Å². The highest BCUT2D eigenvalue weighted by atomic mass is 19.1. The van der Waals surface area contributed by atoms with Crippen LogP contribution in [0.15, 0.2) is 12.1 Å². The van der Waals surface area contributed by atoms with Crippen LogP contribution in [0, 0.1) is 5.95 Å². The van der Waals surface area contributed by atoms with Gasteiger partial charge in [-0.2, -0.15) is 9.37 Å². The van der Waals surface area contributed by atoms with E-state index in [-0.39, 0.29) is 5.92 Å². The van der Waals surface area contributed by atoms with Gasteiger partial charge in [-0.05, 0) is 18.9 Å². The lowest BCUT2D eigenvalue weighted by Crippen LogP contribution is -2.00. The van der Waals surface area contributed by atoms with Crippen LogP contribution in [-0.2, 0) is 0 Å². The Bertz CT molecular complexity index is 286. The van der Waals surface area contributed by atoms with E-state index in [2.05, 4.69) is 4.98 Å². The molecule has 1 aromatic rings. The normalized spacial score (nSPS) is 10.5. The van der Waals surface area contributed by atoms with Crippen molar-refractivity contribution in [1.82, 2.24) is 4.98 Å². The number of hydrogen-bond donors (Lipinski definition) is 0. The molecule has 72 valence electrons. The van der Waals surface area contributed by atoms with Gasteiger partial charge >= 0.3 is 0 Å². The van der Waals surface area contributed by atoms with E-state index >= 15 is 0 Å². The van der Waals surface area contributed by atoms with Gasteiger partial charge in [0.1, 0.15) is 0 Å². The summed E-state index contributed by atoms with van der Waals surface area (Å²) < 4.78 is 18.3. The number of hydrogen-bond acceptors (Lipinski definition) is 2. The summed E-state index contributed by atoms with van der Waals surface area (Å²) in [5, 5.41) is 0. The number of pyridine rings is 1. The summed E-state index contributed by atoms with van der Waals surface area (Å²) in [6, 6.07) is 3.42. The first-order chi connectivity index (χ1) is 6.15. The van der Waals surface area contributed by atoms with Gasteiger partial charge in [0.25, 0.3) is 0 Å². The molecule has 0 unspecified atom stereocenters. The summed E-state index contributed by atoms with van der Waals surface area (Å²) in [7, 11) is 0. The number of ether oxygens (including phenoxy) is 1. The van der Waals surface area contributed by atoms with Crippen LogP contribution in [0.3, 0.4) is 0 Å². The molecule has 0 N–H and O–H groups in total. The summed E-state index contributed by atoms with van der Waals surface area (Å²) in [6.07, 6.45) is 0. The van der Waals surface area contributed by atoms with Crippen molar-refractivity contribution in [1.29, 1.82) is 0 Å². The molecule has 0 atom stereocenters. The lowest BCUT2D eigenvalue weighted by atomic mass is 10.1. The van der Waals surface area contributed by atoms with E-state index in [1.165, 1.54) is 0 Å². The minimum absolute atomic E-state index is 0.156. The molecule has 2 nitrogen and oxygen atoms in total. The Balaban J connectivity index is 2.92. The van der Waals surface area contributed by atoms with Crippen LogP contribution in [-0.4, -0.2) is 11.6 Å². The average Bonchev–Trinajstić information content (AvgIpc) is 2.04. The molecule has 1 heterocycles. The lowest BCUT2D eigenvalue weighted by molar-refractivity contribution is 0.320. The van der Waals surface area contributed by atoms with Crippen molar-refractivity contribution in [3.63, 3.8) is 0 Å². The molecule has 0 aliphatic carbocycles. The summed E-state index contributed by atoms with van der Waals surface area (Å²) in [6.45, 7) is 6.21. The van der Waals surface area contributed by atoms with Crippen LogP contribution < -0.4 is 4.74 Å². The zero-order valence-electron chi connectivity index (χ0n) is 8.17. The van der Waals surface area contributed by atoms with Crippen LogP contribution in [0.2, 0.25) is 0 Å².